The Labute approximate surface area is 134 Å². The van der Waals surface area contributed by atoms with Crippen molar-refractivity contribution >= 4 is 33.2 Å². The predicted molar refractivity (Wildman–Crippen MR) is 83.0 cm³/mol. The maximum Gasteiger partial charge on any atom is 0.243 e. The molecular weight excluding hydrogens is 333 g/mol. The summed E-state index contributed by atoms with van der Waals surface area (Å²) >= 11 is 12.1. The van der Waals surface area contributed by atoms with Crippen molar-refractivity contribution in [3.63, 3.8) is 0 Å². The zero-order valence-corrected chi connectivity index (χ0v) is 13.5. The molecule has 1 saturated carbocycles. The van der Waals surface area contributed by atoms with Gasteiger partial charge in [0.1, 0.15) is 4.90 Å². The van der Waals surface area contributed by atoms with Gasteiger partial charge in [0.2, 0.25) is 10.0 Å². The van der Waals surface area contributed by atoms with Crippen LogP contribution < -0.4 is 4.72 Å². The maximum absolute atomic E-state index is 12.2. The van der Waals surface area contributed by atoms with Gasteiger partial charge in [-0.2, -0.15) is 0 Å². The first kappa shape index (κ1) is 16.6. The largest absolute Gasteiger partial charge is 0.395 e. The van der Waals surface area contributed by atoms with E-state index in [4.69, 9.17) is 28.3 Å². The van der Waals surface area contributed by atoms with Gasteiger partial charge in [-0.25, -0.2) is 13.1 Å². The fourth-order valence-corrected chi connectivity index (χ4v) is 4.06. The Morgan fingerprint density at radius 2 is 1.90 bits per heavy atom. The molecule has 0 saturated heterocycles. The monoisotopic (exact) mass is 347 g/mol. The third kappa shape index (κ3) is 4.60. The molecule has 4 nitrogen and oxygen atoms in total. The van der Waals surface area contributed by atoms with Crippen molar-refractivity contribution in [2.45, 2.75) is 24.2 Å². The Morgan fingerprint density at radius 3 is 2.43 bits per heavy atom. The summed E-state index contributed by atoms with van der Waals surface area (Å²) in [5.74, 6) is 5.92. The minimum atomic E-state index is -3.72. The molecule has 1 fully saturated rings. The van der Waals surface area contributed by atoms with E-state index in [-0.39, 0.29) is 21.5 Å². The van der Waals surface area contributed by atoms with E-state index in [0.717, 1.165) is 12.8 Å². The first-order valence-electron chi connectivity index (χ1n) is 6.52. The molecule has 21 heavy (non-hydrogen) atoms. The van der Waals surface area contributed by atoms with E-state index >= 15 is 0 Å². The number of hydrogen-bond donors (Lipinski definition) is 2. The van der Waals surface area contributed by atoms with Gasteiger partial charge in [0.05, 0.1) is 16.7 Å². The maximum atomic E-state index is 12.2. The lowest BCUT2D eigenvalue weighted by atomic mass is 10.2. The van der Waals surface area contributed by atoms with Gasteiger partial charge >= 0.3 is 0 Å². The Hall–Kier alpha value is -0.770. The molecule has 1 aromatic carbocycles. The Kier molecular flexibility index (Phi) is 5.53. The highest BCUT2D eigenvalue weighted by atomic mass is 35.5. The van der Waals surface area contributed by atoms with Crippen LogP contribution in [0.25, 0.3) is 0 Å². The highest BCUT2D eigenvalue weighted by Gasteiger charge is 2.27. The molecule has 2 N–H and O–H groups in total. The highest BCUT2D eigenvalue weighted by Crippen LogP contribution is 2.32. The van der Waals surface area contributed by atoms with E-state index in [2.05, 4.69) is 16.6 Å². The number of aliphatic hydroxyl groups excluding tert-OH is 1. The van der Waals surface area contributed by atoms with Crippen molar-refractivity contribution in [3.05, 3.63) is 27.7 Å². The molecule has 0 bridgehead atoms. The summed E-state index contributed by atoms with van der Waals surface area (Å²) < 4.78 is 27.0. The van der Waals surface area contributed by atoms with Crippen LogP contribution in [0.5, 0.6) is 0 Å². The second-order valence-electron chi connectivity index (χ2n) is 4.84. The first-order chi connectivity index (χ1) is 9.94. The van der Waals surface area contributed by atoms with Crippen LogP contribution >= 0.6 is 23.2 Å². The molecule has 0 atom stereocenters. The normalized spacial score (nSPS) is 14.6. The molecule has 7 heteroatoms. The van der Waals surface area contributed by atoms with Crippen LogP contribution in [0.3, 0.4) is 0 Å². The van der Waals surface area contributed by atoms with Crippen molar-refractivity contribution in [1.29, 1.82) is 0 Å². The Balaban J connectivity index is 2.25. The van der Waals surface area contributed by atoms with Gasteiger partial charge in [0.15, 0.2) is 0 Å². The van der Waals surface area contributed by atoms with E-state index in [0.29, 0.717) is 24.4 Å². The summed E-state index contributed by atoms with van der Waals surface area (Å²) in [6.07, 6.45) is 2.42. The van der Waals surface area contributed by atoms with Gasteiger partial charge in [-0.1, -0.05) is 35.0 Å². The molecule has 2 rings (SSSR count). The standard InChI is InChI=1S/C14H15Cl2NO3S/c15-12-7-11(3-1-2-6-18)8-13(16)14(12)21(19,20)17-9-10-4-5-10/h7-8,10,17-18H,2,4-6,9H2. The second-order valence-corrected chi connectivity index (χ2v) is 7.36. The molecular formula is C14H15Cl2NO3S. The zero-order valence-electron chi connectivity index (χ0n) is 11.2. The quantitative estimate of drug-likeness (QED) is 0.803. The molecule has 1 aromatic rings. The predicted octanol–water partition coefficient (Wildman–Crippen LogP) is 2.42. The number of hydrogen-bond acceptors (Lipinski definition) is 3. The van der Waals surface area contributed by atoms with Gasteiger partial charge in [0, 0.05) is 18.5 Å². The van der Waals surface area contributed by atoms with Crippen LogP contribution in [0.15, 0.2) is 17.0 Å². The number of benzene rings is 1. The van der Waals surface area contributed by atoms with E-state index in [9.17, 15) is 8.42 Å². The minimum absolute atomic E-state index is 0.0357. The molecule has 0 amide bonds. The Morgan fingerprint density at radius 1 is 1.29 bits per heavy atom. The lowest BCUT2D eigenvalue weighted by Crippen LogP contribution is -2.26. The van der Waals surface area contributed by atoms with Crippen LogP contribution in [0.1, 0.15) is 24.8 Å². The number of aliphatic hydroxyl groups is 1. The summed E-state index contributed by atoms with van der Waals surface area (Å²) in [5, 5.41) is 8.75. The first-order valence-corrected chi connectivity index (χ1v) is 8.76. The molecule has 0 aromatic heterocycles. The molecule has 0 radical (unpaired) electrons. The number of rotatable bonds is 5. The lowest BCUT2D eigenvalue weighted by molar-refractivity contribution is 0.305. The van der Waals surface area contributed by atoms with Gasteiger partial charge in [-0.3, -0.25) is 0 Å². The van der Waals surface area contributed by atoms with Crippen molar-refractivity contribution < 1.29 is 13.5 Å². The minimum Gasteiger partial charge on any atom is -0.395 e. The number of nitrogens with one attached hydrogen (secondary N) is 1. The smallest absolute Gasteiger partial charge is 0.243 e. The molecule has 0 aliphatic heterocycles. The summed E-state index contributed by atoms with van der Waals surface area (Å²) in [4.78, 5) is -0.112. The summed E-state index contributed by atoms with van der Waals surface area (Å²) in [6.45, 7) is 0.374. The highest BCUT2D eigenvalue weighted by molar-refractivity contribution is 7.89. The third-order valence-corrected chi connectivity index (χ3v) is 5.34. The average molecular weight is 348 g/mol. The lowest BCUT2D eigenvalue weighted by Gasteiger charge is -2.10. The number of sulfonamides is 1. The van der Waals surface area contributed by atoms with Crippen LogP contribution in [-0.4, -0.2) is 26.7 Å². The second kappa shape index (κ2) is 6.99. The van der Waals surface area contributed by atoms with Crippen molar-refractivity contribution in [2.24, 2.45) is 5.92 Å². The summed E-state index contributed by atoms with van der Waals surface area (Å²) in [7, 11) is -3.72. The fraction of sp³-hybridized carbons (Fsp3) is 0.429. The molecule has 1 aliphatic rings. The molecule has 0 heterocycles. The average Bonchev–Trinajstić information content (AvgIpc) is 3.19. The fourth-order valence-electron chi connectivity index (χ4n) is 1.73. The van der Waals surface area contributed by atoms with E-state index < -0.39 is 10.0 Å². The number of halogens is 2. The zero-order chi connectivity index (χ0) is 15.5. The van der Waals surface area contributed by atoms with Crippen LogP contribution in [-0.2, 0) is 10.0 Å². The van der Waals surface area contributed by atoms with Crippen molar-refractivity contribution in [2.75, 3.05) is 13.2 Å². The van der Waals surface area contributed by atoms with E-state index in [1.165, 1.54) is 12.1 Å². The van der Waals surface area contributed by atoms with Gasteiger partial charge in [0.25, 0.3) is 0 Å². The third-order valence-electron chi connectivity index (χ3n) is 3.00. The van der Waals surface area contributed by atoms with E-state index in [1.807, 2.05) is 0 Å². The van der Waals surface area contributed by atoms with Crippen molar-refractivity contribution in [3.8, 4) is 11.8 Å². The van der Waals surface area contributed by atoms with Crippen LogP contribution in [0.2, 0.25) is 10.0 Å². The topological polar surface area (TPSA) is 66.4 Å². The summed E-state index contributed by atoms with van der Waals surface area (Å²) in [6, 6.07) is 2.92. The van der Waals surface area contributed by atoms with Crippen molar-refractivity contribution in [1.82, 2.24) is 4.72 Å². The van der Waals surface area contributed by atoms with E-state index in [1.54, 1.807) is 0 Å². The van der Waals surface area contributed by atoms with Crippen LogP contribution in [0.4, 0.5) is 0 Å². The molecule has 1 aliphatic carbocycles. The van der Waals surface area contributed by atoms with Gasteiger partial charge < -0.3 is 5.11 Å². The summed E-state index contributed by atoms with van der Waals surface area (Å²) in [5.41, 5.74) is 0.514. The van der Waals surface area contributed by atoms with Crippen LogP contribution in [0, 0.1) is 17.8 Å². The molecule has 114 valence electrons. The van der Waals surface area contributed by atoms with Gasteiger partial charge in [-0.05, 0) is 30.9 Å². The molecule has 0 spiro atoms. The Bertz CT molecular complexity index is 665. The SMILES string of the molecule is O=S(=O)(NCC1CC1)c1c(Cl)cc(C#CCCO)cc1Cl. The van der Waals surface area contributed by atoms with Gasteiger partial charge in [-0.15, -0.1) is 0 Å². The molecule has 0 unspecified atom stereocenters.